The molecule has 0 saturated carbocycles. The fraction of sp³-hybridized carbons (Fsp3) is 0.294. The Morgan fingerprint density at radius 1 is 1.24 bits per heavy atom. The first-order valence-electron chi connectivity index (χ1n) is 7.40. The van der Waals surface area contributed by atoms with Gasteiger partial charge >= 0.3 is 0 Å². The van der Waals surface area contributed by atoms with Crippen molar-refractivity contribution in [3.05, 3.63) is 40.4 Å². The molecule has 0 atom stereocenters. The van der Waals surface area contributed by atoms with E-state index in [1.807, 2.05) is 6.08 Å². The van der Waals surface area contributed by atoms with E-state index >= 15 is 0 Å². The molecule has 0 unspecified atom stereocenters. The minimum absolute atomic E-state index is 0.606. The van der Waals surface area contributed by atoms with Crippen molar-refractivity contribution in [2.24, 2.45) is 16.1 Å². The number of hydrazone groups is 1. The molecule has 4 aliphatic rings. The monoisotopic (exact) mass is 278 g/mol. The average Bonchev–Trinajstić information content (AvgIpc) is 2.80. The van der Waals surface area contributed by atoms with Crippen molar-refractivity contribution >= 4 is 18.0 Å². The normalized spacial score (nSPS) is 15.5. The first-order chi connectivity index (χ1) is 10.2. The highest BCUT2D eigenvalue weighted by Gasteiger charge is 2.21. The molecular weight excluding hydrogens is 260 g/mol. The van der Waals surface area contributed by atoms with Gasteiger partial charge in [0.25, 0.3) is 0 Å². The summed E-state index contributed by atoms with van der Waals surface area (Å²) in [4.78, 5) is 0. The van der Waals surface area contributed by atoms with Crippen molar-refractivity contribution < 1.29 is 0 Å². The summed E-state index contributed by atoms with van der Waals surface area (Å²) in [5.74, 6) is 0.606. The molecule has 0 spiro atoms. The van der Waals surface area contributed by atoms with Crippen LogP contribution in [0.3, 0.4) is 0 Å². The highest BCUT2D eigenvalue weighted by Crippen LogP contribution is 2.30. The Hall–Kier alpha value is -2.36. The molecule has 0 saturated heterocycles. The number of nitrogens with one attached hydrogen (secondary N) is 1. The number of anilines is 1. The van der Waals surface area contributed by atoms with E-state index in [2.05, 4.69) is 53.6 Å². The predicted octanol–water partition coefficient (Wildman–Crippen LogP) is 1.99. The standard InChI is InChI=1S/C17H18N4/c1-11(2)9-21-10-13-4-3-12-7-8-18-19-17(12)14-5-6-15(20-21)16(13)14/h3-8,11,19H,9-10H2,1-2H3. The Morgan fingerprint density at radius 2 is 2.14 bits per heavy atom. The third-order valence-electron chi connectivity index (χ3n) is 3.96. The van der Waals surface area contributed by atoms with E-state index in [-0.39, 0.29) is 0 Å². The minimum Gasteiger partial charge on any atom is -0.292 e. The number of hydrogen-bond donors (Lipinski definition) is 1. The lowest BCUT2D eigenvalue weighted by molar-refractivity contribution is 0.234. The Balaban J connectivity index is 1.93. The lowest BCUT2D eigenvalue weighted by atomic mass is 10.0. The SMILES string of the molecule is CC(C)CN1Cc2ccc3c(c4ccc(c2-4)=N1)NN=CC=3. The summed E-state index contributed by atoms with van der Waals surface area (Å²) in [6.07, 6.45) is 3.84. The molecule has 4 heteroatoms. The van der Waals surface area contributed by atoms with Crippen molar-refractivity contribution in [2.45, 2.75) is 20.4 Å². The van der Waals surface area contributed by atoms with E-state index in [0.717, 1.165) is 24.1 Å². The van der Waals surface area contributed by atoms with Gasteiger partial charge in [-0.2, -0.15) is 10.2 Å². The molecule has 0 amide bonds. The Bertz CT molecular complexity index is 820. The molecule has 4 rings (SSSR count). The van der Waals surface area contributed by atoms with Crippen LogP contribution in [-0.2, 0) is 6.54 Å². The molecule has 0 radical (unpaired) electrons. The van der Waals surface area contributed by atoms with E-state index in [1.54, 1.807) is 6.21 Å². The molecule has 21 heavy (non-hydrogen) atoms. The first kappa shape index (κ1) is 12.4. The third-order valence-corrected chi connectivity index (χ3v) is 3.96. The molecule has 2 aliphatic carbocycles. The summed E-state index contributed by atoms with van der Waals surface area (Å²) >= 11 is 0. The summed E-state index contributed by atoms with van der Waals surface area (Å²) in [7, 11) is 0. The van der Waals surface area contributed by atoms with Crippen LogP contribution in [0.2, 0.25) is 0 Å². The van der Waals surface area contributed by atoms with E-state index in [0.29, 0.717) is 5.92 Å². The van der Waals surface area contributed by atoms with Crippen molar-refractivity contribution in [1.82, 2.24) is 5.01 Å². The summed E-state index contributed by atoms with van der Waals surface area (Å²) in [5.41, 5.74) is 8.03. The van der Waals surface area contributed by atoms with E-state index in [4.69, 9.17) is 5.10 Å². The maximum atomic E-state index is 4.80. The largest absolute Gasteiger partial charge is 0.292 e. The van der Waals surface area contributed by atoms with Crippen LogP contribution in [0.15, 0.2) is 34.5 Å². The zero-order chi connectivity index (χ0) is 14.4. The van der Waals surface area contributed by atoms with E-state index in [1.165, 1.54) is 21.9 Å². The second-order valence-electron chi connectivity index (χ2n) is 6.09. The van der Waals surface area contributed by atoms with Crippen LogP contribution in [-0.4, -0.2) is 17.8 Å². The molecule has 4 nitrogen and oxygen atoms in total. The van der Waals surface area contributed by atoms with Gasteiger partial charge in [0.2, 0.25) is 0 Å². The number of fused-ring (bicyclic) bond motifs is 2. The van der Waals surface area contributed by atoms with Gasteiger partial charge in [0.1, 0.15) is 0 Å². The maximum Gasteiger partial charge on any atom is 0.0914 e. The van der Waals surface area contributed by atoms with Gasteiger partial charge in [0, 0.05) is 29.1 Å². The summed E-state index contributed by atoms with van der Waals surface area (Å²) in [5, 5.41) is 13.4. The average molecular weight is 278 g/mol. The fourth-order valence-electron chi connectivity index (χ4n) is 3.13. The highest BCUT2D eigenvalue weighted by molar-refractivity contribution is 5.96. The molecule has 1 N–H and O–H groups in total. The fourth-order valence-corrected chi connectivity index (χ4v) is 3.13. The number of nitrogens with zero attached hydrogens (tertiary/aromatic N) is 3. The van der Waals surface area contributed by atoms with Crippen LogP contribution < -0.4 is 16.0 Å². The maximum absolute atomic E-state index is 4.80. The summed E-state index contributed by atoms with van der Waals surface area (Å²) < 4.78 is 0. The smallest absolute Gasteiger partial charge is 0.0914 e. The molecule has 0 bridgehead atoms. The second kappa shape index (κ2) is 4.58. The van der Waals surface area contributed by atoms with Gasteiger partial charge in [0.15, 0.2) is 0 Å². The molecule has 106 valence electrons. The first-order valence-corrected chi connectivity index (χ1v) is 7.40. The lowest BCUT2D eigenvalue weighted by Crippen LogP contribution is -2.29. The van der Waals surface area contributed by atoms with Crippen LogP contribution in [0.25, 0.3) is 17.2 Å². The molecule has 0 fully saturated rings. The van der Waals surface area contributed by atoms with Crippen molar-refractivity contribution in [3.63, 3.8) is 0 Å². The third kappa shape index (κ3) is 1.98. The summed E-state index contributed by atoms with van der Waals surface area (Å²) in [6, 6.07) is 8.66. The predicted molar refractivity (Wildman–Crippen MR) is 85.7 cm³/mol. The highest BCUT2D eigenvalue weighted by atomic mass is 15.5. The van der Waals surface area contributed by atoms with Gasteiger partial charge in [-0.3, -0.25) is 10.4 Å². The minimum atomic E-state index is 0.606. The Kier molecular flexibility index (Phi) is 2.70. The molecule has 2 aliphatic heterocycles. The lowest BCUT2D eigenvalue weighted by Gasteiger charge is -2.25. The zero-order valence-electron chi connectivity index (χ0n) is 12.3. The number of hydrogen-bond acceptors (Lipinski definition) is 4. The van der Waals surface area contributed by atoms with Gasteiger partial charge < -0.3 is 0 Å². The van der Waals surface area contributed by atoms with Crippen LogP contribution >= 0.6 is 0 Å². The van der Waals surface area contributed by atoms with Gasteiger partial charge in [-0.1, -0.05) is 26.0 Å². The van der Waals surface area contributed by atoms with E-state index < -0.39 is 0 Å². The van der Waals surface area contributed by atoms with Crippen LogP contribution in [0, 0.1) is 5.92 Å². The molecule has 0 aromatic carbocycles. The zero-order valence-corrected chi connectivity index (χ0v) is 12.3. The molecule has 0 aromatic heterocycles. The van der Waals surface area contributed by atoms with Crippen molar-refractivity contribution in [2.75, 3.05) is 12.0 Å². The Labute approximate surface area is 123 Å². The van der Waals surface area contributed by atoms with Gasteiger partial charge in [-0.15, -0.1) is 0 Å². The van der Waals surface area contributed by atoms with Gasteiger partial charge in [-0.05, 0) is 29.7 Å². The molecule has 0 aromatic rings. The van der Waals surface area contributed by atoms with Gasteiger partial charge in [-0.25, -0.2) is 0 Å². The molecular formula is C17H18N4. The van der Waals surface area contributed by atoms with E-state index in [9.17, 15) is 0 Å². The van der Waals surface area contributed by atoms with Crippen LogP contribution in [0.1, 0.15) is 19.4 Å². The van der Waals surface area contributed by atoms with Crippen LogP contribution in [0.4, 0.5) is 5.69 Å². The molecule has 2 heterocycles. The second-order valence-corrected chi connectivity index (χ2v) is 6.09. The topological polar surface area (TPSA) is 40.0 Å². The van der Waals surface area contributed by atoms with Gasteiger partial charge in [0.05, 0.1) is 17.6 Å². The quantitative estimate of drug-likeness (QED) is 0.912. The summed E-state index contributed by atoms with van der Waals surface area (Å²) in [6.45, 7) is 6.31. The van der Waals surface area contributed by atoms with Crippen LogP contribution in [0.5, 0.6) is 0 Å². The number of rotatable bonds is 2. The van der Waals surface area contributed by atoms with Crippen molar-refractivity contribution in [3.8, 4) is 11.1 Å². The van der Waals surface area contributed by atoms with Crippen molar-refractivity contribution in [1.29, 1.82) is 0 Å². The Morgan fingerprint density at radius 3 is 3.00 bits per heavy atom.